The Morgan fingerprint density at radius 3 is 2.50 bits per heavy atom. The Morgan fingerprint density at radius 2 is 1.82 bits per heavy atom. The second kappa shape index (κ2) is 7.29. The molecule has 3 rings (SSSR count). The predicted octanol–water partition coefficient (Wildman–Crippen LogP) is 3.62. The van der Waals surface area contributed by atoms with E-state index in [0.717, 1.165) is 9.47 Å². The number of likely N-dealkylation sites (N-methyl/N-ethyl adjacent to an activating group) is 1. The molecule has 0 saturated heterocycles. The molecule has 1 aromatic heterocycles. The molecule has 0 aliphatic heterocycles. The fourth-order valence-electron chi connectivity index (χ4n) is 2.87. The third kappa shape index (κ3) is 3.80. The molecule has 28 heavy (non-hydrogen) atoms. The Morgan fingerprint density at radius 1 is 1.18 bits per heavy atom. The third-order valence-corrected chi connectivity index (χ3v) is 4.22. The number of nitro groups is 1. The molecule has 1 amide bonds. The monoisotopic (exact) mass is 392 g/mol. The lowest BCUT2D eigenvalue weighted by atomic mass is 10.1. The molecule has 0 fully saturated rings. The van der Waals surface area contributed by atoms with Gasteiger partial charge in [-0.2, -0.15) is 13.2 Å². The first kappa shape index (κ1) is 19.3. The Hall–Kier alpha value is -3.43. The van der Waals surface area contributed by atoms with E-state index in [2.05, 4.69) is 4.98 Å². The van der Waals surface area contributed by atoms with Gasteiger partial charge in [-0.15, -0.1) is 0 Å². The predicted molar refractivity (Wildman–Crippen MR) is 94.3 cm³/mol. The number of hydrogen-bond donors (Lipinski definition) is 0. The number of carbonyl (C=O) groups excluding carboxylic acids is 1. The summed E-state index contributed by atoms with van der Waals surface area (Å²) in [5.74, 6) is -1.80. The molecular formula is C18H15F3N4O3. The highest BCUT2D eigenvalue weighted by Crippen LogP contribution is 2.31. The average molecular weight is 392 g/mol. The van der Waals surface area contributed by atoms with E-state index in [1.54, 1.807) is 18.2 Å². The van der Waals surface area contributed by atoms with Crippen LogP contribution < -0.4 is 0 Å². The van der Waals surface area contributed by atoms with Crippen molar-refractivity contribution >= 4 is 22.6 Å². The number of nitrogens with zero attached hydrogens (tertiary/aromatic N) is 4. The first-order valence-electron chi connectivity index (χ1n) is 8.17. The number of fused-ring (bicyclic) bond motifs is 1. The van der Waals surface area contributed by atoms with Crippen LogP contribution in [0.1, 0.15) is 11.4 Å². The van der Waals surface area contributed by atoms with Crippen LogP contribution in [-0.2, 0) is 24.1 Å². The molecule has 0 spiro atoms. The van der Waals surface area contributed by atoms with Gasteiger partial charge in [-0.05, 0) is 12.1 Å². The quantitative estimate of drug-likeness (QED) is 0.491. The van der Waals surface area contributed by atoms with Crippen LogP contribution in [0.5, 0.6) is 0 Å². The SMILES string of the molecule is CN(Cc1ccccc1[N+](=O)[O-])C(=O)Cn1c(C(F)(F)F)nc2ccccc21. The summed E-state index contributed by atoms with van der Waals surface area (Å²) in [4.78, 5) is 27.8. The second-order valence-electron chi connectivity index (χ2n) is 6.14. The molecule has 0 N–H and O–H groups in total. The Kier molecular flexibility index (Phi) is 5.04. The van der Waals surface area contributed by atoms with Gasteiger partial charge in [-0.1, -0.05) is 30.3 Å². The van der Waals surface area contributed by atoms with Crippen molar-refractivity contribution in [2.75, 3.05) is 7.05 Å². The minimum atomic E-state index is -4.73. The molecule has 1 heterocycles. The number of para-hydroxylation sites is 3. The molecule has 0 unspecified atom stereocenters. The topological polar surface area (TPSA) is 81.3 Å². The highest BCUT2D eigenvalue weighted by molar-refractivity contribution is 5.81. The van der Waals surface area contributed by atoms with Gasteiger partial charge in [0.05, 0.1) is 22.5 Å². The summed E-state index contributed by atoms with van der Waals surface area (Å²) in [6.45, 7) is -0.698. The maximum Gasteiger partial charge on any atom is 0.449 e. The lowest BCUT2D eigenvalue weighted by Crippen LogP contribution is -2.31. The zero-order valence-electron chi connectivity index (χ0n) is 14.7. The van der Waals surface area contributed by atoms with Crippen LogP contribution in [0, 0.1) is 10.1 Å². The molecule has 7 nitrogen and oxygen atoms in total. The maximum absolute atomic E-state index is 13.3. The lowest BCUT2D eigenvalue weighted by Gasteiger charge is -2.19. The summed E-state index contributed by atoms with van der Waals surface area (Å²) in [6.07, 6.45) is -4.73. The van der Waals surface area contributed by atoms with E-state index in [4.69, 9.17) is 0 Å². The van der Waals surface area contributed by atoms with Crippen LogP contribution in [0.15, 0.2) is 48.5 Å². The maximum atomic E-state index is 13.3. The molecule has 146 valence electrons. The second-order valence-corrected chi connectivity index (χ2v) is 6.14. The number of aromatic nitrogens is 2. The number of benzene rings is 2. The molecule has 2 aromatic carbocycles. The van der Waals surface area contributed by atoms with Crippen molar-refractivity contribution in [1.82, 2.24) is 14.5 Å². The van der Waals surface area contributed by atoms with Crippen molar-refractivity contribution in [2.45, 2.75) is 19.3 Å². The van der Waals surface area contributed by atoms with Gasteiger partial charge in [-0.3, -0.25) is 14.9 Å². The number of imidazole rings is 1. The van der Waals surface area contributed by atoms with E-state index >= 15 is 0 Å². The summed E-state index contributed by atoms with van der Waals surface area (Å²) in [7, 11) is 1.38. The van der Waals surface area contributed by atoms with Gasteiger partial charge in [0.2, 0.25) is 11.7 Å². The molecule has 0 radical (unpaired) electrons. The zero-order chi connectivity index (χ0) is 20.5. The Balaban J connectivity index is 1.88. The van der Waals surface area contributed by atoms with E-state index < -0.39 is 29.4 Å². The largest absolute Gasteiger partial charge is 0.449 e. The van der Waals surface area contributed by atoms with Gasteiger partial charge < -0.3 is 9.47 Å². The van der Waals surface area contributed by atoms with Crippen molar-refractivity contribution in [2.24, 2.45) is 0 Å². The van der Waals surface area contributed by atoms with Crippen LogP contribution in [-0.4, -0.2) is 32.3 Å². The summed E-state index contributed by atoms with van der Waals surface area (Å²) < 4.78 is 40.8. The third-order valence-electron chi connectivity index (χ3n) is 4.22. The molecule has 10 heteroatoms. The van der Waals surface area contributed by atoms with E-state index in [-0.39, 0.29) is 28.8 Å². The summed E-state index contributed by atoms with van der Waals surface area (Å²) in [6, 6.07) is 11.9. The van der Waals surface area contributed by atoms with E-state index in [0.29, 0.717) is 0 Å². The number of alkyl halides is 3. The fourth-order valence-corrected chi connectivity index (χ4v) is 2.87. The smallest absolute Gasteiger partial charge is 0.340 e. The van der Waals surface area contributed by atoms with Crippen LogP contribution in [0.3, 0.4) is 0 Å². The van der Waals surface area contributed by atoms with Crippen molar-refractivity contribution in [3.63, 3.8) is 0 Å². The van der Waals surface area contributed by atoms with Crippen LogP contribution in [0.25, 0.3) is 11.0 Å². The lowest BCUT2D eigenvalue weighted by molar-refractivity contribution is -0.385. The molecule has 0 aliphatic carbocycles. The van der Waals surface area contributed by atoms with Crippen molar-refractivity contribution in [3.8, 4) is 0 Å². The molecule has 0 atom stereocenters. The van der Waals surface area contributed by atoms with E-state index in [1.807, 2.05) is 0 Å². The number of rotatable bonds is 5. The highest BCUT2D eigenvalue weighted by atomic mass is 19.4. The number of hydrogen-bond acceptors (Lipinski definition) is 4. The van der Waals surface area contributed by atoms with Crippen molar-refractivity contribution < 1.29 is 22.9 Å². The summed E-state index contributed by atoms with van der Waals surface area (Å²) in [5.41, 5.74) is 0.437. The molecular weight excluding hydrogens is 377 g/mol. The van der Waals surface area contributed by atoms with Gasteiger partial charge in [0.25, 0.3) is 5.69 Å². The Labute approximate surface area is 157 Å². The molecule has 0 aliphatic rings. The first-order chi connectivity index (χ1) is 13.2. The molecule has 0 bridgehead atoms. The standard InChI is InChI=1S/C18H15F3N4O3/c1-23(10-12-6-2-4-8-14(12)25(27)28)16(26)11-24-15-9-5-3-7-13(15)22-17(24)18(19,20)21/h2-9H,10-11H2,1H3. The van der Waals surface area contributed by atoms with Crippen molar-refractivity contribution in [3.05, 3.63) is 70.0 Å². The minimum absolute atomic E-state index is 0.107. The van der Waals surface area contributed by atoms with Crippen molar-refractivity contribution in [1.29, 1.82) is 0 Å². The summed E-state index contributed by atoms with van der Waals surface area (Å²) in [5, 5.41) is 11.1. The molecule has 0 saturated carbocycles. The first-order valence-corrected chi connectivity index (χ1v) is 8.17. The number of halogens is 3. The van der Waals surface area contributed by atoms with Crippen LogP contribution >= 0.6 is 0 Å². The molecule has 3 aromatic rings. The average Bonchev–Trinajstić information content (AvgIpc) is 3.01. The zero-order valence-corrected chi connectivity index (χ0v) is 14.7. The van der Waals surface area contributed by atoms with Gasteiger partial charge in [0.1, 0.15) is 6.54 Å². The summed E-state index contributed by atoms with van der Waals surface area (Å²) >= 11 is 0. The van der Waals surface area contributed by atoms with Gasteiger partial charge in [-0.25, -0.2) is 4.98 Å². The normalized spacial score (nSPS) is 11.6. The van der Waals surface area contributed by atoms with E-state index in [9.17, 15) is 28.1 Å². The highest BCUT2D eigenvalue weighted by Gasteiger charge is 2.38. The van der Waals surface area contributed by atoms with Gasteiger partial charge in [0, 0.05) is 18.7 Å². The van der Waals surface area contributed by atoms with Crippen LogP contribution in [0.2, 0.25) is 0 Å². The van der Waals surface area contributed by atoms with Gasteiger partial charge >= 0.3 is 6.18 Å². The Bertz CT molecular complexity index is 1050. The minimum Gasteiger partial charge on any atom is -0.340 e. The number of nitro benzene ring substituents is 1. The fraction of sp³-hybridized carbons (Fsp3) is 0.222. The van der Waals surface area contributed by atoms with Crippen LogP contribution in [0.4, 0.5) is 18.9 Å². The number of carbonyl (C=O) groups is 1. The van der Waals surface area contributed by atoms with E-state index in [1.165, 1.54) is 37.4 Å². The number of amides is 1. The van der Waals surface area contributed by atoms with Gasteiger partial charge in [0.15, 0.2) is 0 Å².